The molecule has 0 spiro atoms. The molecule has 0 N–H and O–H groups in total. The highest BCUT2D eigenvalue weighted by Crippen LogP contribution is 2.29. The molecular weight excluding hydrogens is 583 g/mol. The SMILES string of the molecule is CCC(Oc1ccc(Br)cc1F)C(=O)N1CCOCC1c1cn([C@H](C)c2ccc(Br)c(C)c2)nn1. The summed E-state index contributed by atoms with van der Waals surface area (Å²) >= 11 is 6.77. The molecule has 2 aromatic carbocycles. The minimum atomic E-state index is -0.828. The Labute approximate surface area is 220 Å². The maximum atomic E-state index is 14.3. The number of amides is 1. The van der Waals surface area contributed by atoms with Gasteiger partial charge in [-0.25, -0.2) is 9.07 Å². The molecular formula is C25H27Br2FN4O3. The number of ether oxygens (including phenoxy) is 2. The standard InChI is InChI=1S/C25H27Br2FN4O3/c1-4-23(35-24-8-6-18(26)12-20(24)28)25(33)31-9-10-34-14-22(31)21-13-32(30-29-21)16(3)17-5-7-19(27)15(2)11-17/h5-8,11-13,16,22-23H,4,9-10,14H2,1-3H3/t16-,22?,23?/m1/s1. The first-order valence-electron chi connectivity index (χ1n) is 11.5. The van der Waals surface area contributed by atoms with Crippen molar-refractivity contribution in [3.8, 4) is 5.75 Å². The molecule has 2 unspecified atom stereocenters. The molecule has 3 atom stereocenters. The number of hydrogen-bond donors (Lipinski definition) is 0. The van der Waals surface area contributed by atoms with Crippen molar-refractivity contribution in [1.29, 1.82) is 0 Å². The van der Waals surface area contributed by atoms with Crippen molar-refractivity contribution in [2.45, 2.75) is 45.4 Å². The Hall–Kier alpha value is -2.30. The monoisotopic (exact) mass is 608 g/mol. The Balaban J connectivity index is 1.53. The third-order valence-corrected chi connectivity index (χ3v) is 7.53. The van der Waals surface area contributed by atoms with Gasteiger partial charge in [0, 0.05) is 15.5 Å². The van der Waals surface area contributed by atoms with Gasteiger partial charge in [0.1, 0.15) is 11.7 Å². The van der Waals surface area contributed by atoms with Crippen LogP contribution in [0.2, 0.25) is 0 Å². The molecule has 7 nitrogen and oxygen atoms in total. The third-order valence-electron chi connectivity index (χ3n) is 6.15. The second kappa shape index (κ2) is 11.2. The molecule has 1 amide bonds. The van der Waals surface area contributed by atoms with Crippen LogP contribution in [0.25, 0.3) is 0 Å². The van der Waals surface area contributed by atoms with E-state index in [2.05, 4.69) is 55.2 Å². The number of halogens is 3. The zero-order valence-electron chi connectivity index (χ0n) is 19.7. The Bertz CT molecular complexity index is 1210. The first-order chi connectivity index (χ1) is 16.8. The topological polar surface area (TPSA) is 69.5 Å². The van der Waals surface area contributed by atoms with Crippen LogP contribution in [0.3, 0.4) is 0 Å². The number of benzene rings is 2. The summed E-state index contributed by atoms with van der Waals surface area (Å²) in [5, 5.41) is 8.72. The second-order valence-electron chi connectivity index (χ2n) is 8.52. The first-order valence-corrected chi connectivity index (χ1v) is 13.0. The number of rotatable bonds is 7. The highest BCUT2D eigenvalue weighted by atomic mass is 79.9. The fourth-order valence-corrected chi connectivity index (χ4v) is 4.62. The van der Waals surface area contributed by atoms with Gasteiger partial charge in [0.05, 0.1) is 25.5 Å². The van der Waals surface area contributed by atoms with Crippen molar-refractivity contribution in [2.24, 2.45) is 0 Å². The minimum Gasteiger partial charge on any atom is -0.478 e. The number of nitrogens with zero attached hydrogens (tertiary/aromatic N) is 4. The van der Waals surface area contributed by atoms with Gasteiger partial charge < -0.3 is 14.4 Å². The second-order valence-corrected chi connectivity index (χ2v) is 10.3. The smallest absolute Gasteiger partial charge is 0.264 e. The Morgan fingerprint density at radius 1 is 1.29 bits per heavy atom. The summed E-state index contributed by atoms with van der Waals surface area (Å²) in [5.41, 5.74) is 2.88. The summed E-state index contributed by atoms with van der Waals surface area (Å²) in [4.78, 5) is 15.2. The van der Waals surface area contributed by atoms with E-state index in [1.54, 1.807) is 15.6 Å². The van der Waals surface area contributed by atoms with E-state index in [9.17, 15) is 9.18 Å². The van der Waals surface area contributed by atoms with Gasteiger partial charge >= 0.3 is 0 Å². The van der Waals surface area contributed by atoms with E-state index in [4.69, 9.17) is 9.47 Å². The van der Waals surface area contributed by atoms with Gasteiger partial charge in [0.15, 0.2) is 17.7 Å². The van der Waals surface area contributed by atoms with Gasteiger partial charge in [-0.05, 0) is 55.7 Å². The molecule has 4 rings (SSSR count). The van der Waals surface area contributed by atoms with Crippen LogP contribution in [0, 0.1) is 12.7 Å². The maximum absolute atomic E-state index is 14.3. The highest BCUT2D eigenvalue weighted by molar-refractivity contribution is 9.10. The van der Waals surface area contributed by atoms with E-state index < -0.39 is 18.0 Å². The Morgan fingerprint density at radius 2 is 2.09 bits per heavy atom. The van der Waals surface area contributed by atoms with E-state index in [0.29, 0.717) is 36.3 Å². The predicted molar refractivity (Wildman–Crippen MR) is 137 cm³/mol. The fraction of sp³-hybridized carbons (Fsp3) is 0.400. The molecule has 0 saturated carbocycles. The van der Waals surface area contributed by atoms with Gasteiger partial charge in [-0.3, -0.25) is 4.79 Å². The van der Waals surface area contributed by atoms with Crippen LogP contribution in [0.15, 0.2) is 51.5 Å². The molecule has 0 radical (unpaired) electrons. The van der Waals surface area contributed by atoms with Crippen molar-refractivity contribution in [1.82, 2.24) is 19.9 Å². The molecule has 10 heteroatoms. The molecule has 1 aliphatic rings. The van der Waals surface area contributed by atoms with Crippen molar-refractivity contribution in [2.75, 3.05) is 19.8 Å². The van der Waals surface area contributed by atoms with E-state index in [1.165, 1.54) is 12.1 Å². The van der Waals surface area contributed by atoms with Crippen molar-refractivity contribution < 1.29 is 18.7 Å². The largest absolute Gasteiger partial charge is 0.478 e. The van der Waals surface area contributed by atoms with Crippen LogP contribution in [0.5, 0.6) is 5.75 Å². The van der Waals surface area contributed by atoms with Crippen molar-refractivity contribution in [3.05, 3.63) is 74.2 Å². The normalized spacial score (nSPS) is 17.8. The molecule has 3 aromatic rings. The molecule has 0 aliphatic carbocycles. The lowest BCUT2D eigenvalue weighted by atomic mass is 10.1. The zero-order valence-corrected chi connectivity index (χ0v) is 22.9. The molecule has 2 heterocycles. The van der Waals surface area contributed by atoms with Gasteiger partial charge in [-0.15, -0.1) is 5.10 Å². The lowest BCUT2D eigenvalue weighted by Gasteiger charge is -2.36. The Morgan fingerprint density at radius 3 is 2.80 bits per heavy atom. The predicted octanol–water partition coefficient (Wildman–Crippen LogP) is 5.62. The molecule has 0 bridgehead atoms. The average molecular weight is 610 g/mol. The van der Waals surface area contributed by atoms with E-state index in [-0.39, 0.29) is 17.7 Å². The van der Waals surface area contributed by atoms with Crippen LogP contribution in [-0.4, -0.2) is 51.7 Å². The van der Waals surface area contributed by atoms with Crippen molar-refractivity contribution in [3.63, 3.8) is 0 Å². The molecule has 1 aliphatic heterocycles. The fourth-order valence-electron chi connectivity index (χ4n) is 4.04. The summed E-state index contributed by atoms with van der Waals surface area (Å²) in [6, 6.07) is 10.2. The van der Waals surface area contributed by atoms with E-state index in [0.717, 1.165) is 15.6 Å². The average Bonchev–Trinajstić information content (AvgIpc) is 3.35. The van der Waals surface area contributed by atoms with Crippen molar-refractivity contribution >= 4 is 37.8 Å². The summed E-state index contributed by atoms with van der Waals surface area (Å²) in [5.74, 6) is -0.707. The Kier molecular flexibility index (Phi) is 8.23. The molecule has 1 aromatic heterocycles. The quantitative estimate of drug-likeness (QED) is 0.348. The maximum Gasteiger partial charge on any atom is 0.264 e. The summed E-state index contributed by atoms with van der Waals surface area (Å²) < 4.78 is 29.3. The minimum absolute atomic E-state index is 0.0381. The van der Waals surface area contributed by atoms with E-state index >= 15 is 0 Å². The van der Waals surface area contributed by atoms with Crippen LogP contribution in [0.4, 0.5) is 4.39 Å². The third kappa shape index (κ3) is 5.76. The zero-order chi connectivity index (χ0) is 25.1. The molecule has 186 valence electrons. The van der Waals surface area contributed by atoms with E-state index in [1.807, 2.05) is 32.2 Å². The number of morpholine rings is 1. The first kappa shape index (κ1) is 25.8. The molecule has 1 fully saturated rings. The van der Waals surface area contributed by atoms with Gasteiger partial charge in [-0.1, -0.05) is 56.1 Å². The number of hydrogen-bond acceptors (Lipinski definition) is 5. The molecule has 35 heavy (non-hydrogen) atoms. The lowest BCUT2D eigenvalue weighted by Crippen LogP contribution is -2.49. The summed E-state index contributed by atoms with van der Waals surface area (Å²) in [6.45, 7) is 7.04. The van der Waals surface area contributed by atoms with Crippen LogP contribution < -0.4 is 4.74 Å². The highest BCUT2D eigenvalue weighted by Gasteiger charge is 2.35. The van der Waals surface area contributed by atoms with Crippen LogP contribution in [0.1, 0.15) is 49.2 Å². The molecule has 1 saturated heterocycles. The number of carbonyl (C=O) groups is 1. The van der Waals surface area contributed by atoms with Gasteiger partial charge in [0.25, 0.3) is 5.91 Å². The lowest BCUT2D eigenvalue weighted by molar-refractivity contribution is -0.148. The summed E-state index contributed by atoms with van der Waals surface area (Å²) in [6.07, 6.45) is 1.43. The summed E-state index contributed by atoms with van der Waals surface area (Å²) in [7, 11) is 0. The van der Waals surface area contributed by atoms with Gasteiger partial charge in [0.2, 0.25) is 0 Å². The number of aromatic nitrogens is 3. The number of aryl methyl sites for hydroxylation is 1. The van der Waals surface area contributed by atoms with Crippen LogP contribution in [-0.2, 0) is 9.53 Å². The van der Waals surface area contributed by atoms with Crippen LogP contribution >= 0.6 is 31.9 Å². The van der Waals surface area contributed by atoms with Gasteiger partial charge in [-0.2, -0.15) is 0 Å². The number of carbonyl (C=O) groups excluding carboxylic acids is 1.